The summed E-state index contributed by atoms with van der Waals surface area (Å²) in [6.07, 6.45) is 1.95. The number of nitrogens with one attached hydrogen (secondary N) is 1. The Hall–Kier alpha value is -2.21. The van der Waals surface area contributed by atoms with Gasteiger partial charge in [-0.2, -0.15) is 9.78 Å². The van der Waals surface area contributed by atoms with Crippen molar-refractivity contribution in [3.05, 3.63) is 30.0 Å². The summed E-state index contributed by atoms with van der Waals surface area (Å²) in [5, 5.41) is 8.11. The molecule has 1 heterocycles. The molecule has 0 aliphatic heterocycles. The molecule has 0 unspecified atom stereocenters. The maximum atomic E-state index is 12.3. The van der Waals surface area contributed by atoms with E-state index in [0.29, 0.717) is 32.4 Å². The molecule has 0 saturated heterocycles. The number of carbonyl (C=O) groups is 2. The Morgan fingerprint density at radius 1 is 1.22 bits per heavy atom. The number of hydrogen-bond donors (Lipinski definition) is 1. The minimum absolute atomic E-state index is 0.0320. The van der Waals surface area contributed by atoms with Crippen LogP contribution in [0.5, 0.6) is 0 Å². The number of benzene rings is 1. The standard InChI is InChI=1S/C17H23N3O3/c1-13-14-7-3-4-8-15(14)20(19-13)17(22)10-5-9-16(21)18-11-6-12-23-2/h3-4,7-8H,5-6,9-12H2,1-2H3,(H,18,21). The Bertz CT molecular complexity index is 679. The number of rotatable bonds is 8. The molecular formula is C17H23N3O3. The van der Waals surface area contributed by atoms with Gasteiger partial charge >= 0.3 is 0 Å². The van der Waals surface area contributed by atoms with Gasteiger partial charge in [0.15, 0.2) is 0 Å². The SMILES string of the molecule is COCCCNC(=O)CCCC(=O)n1nc(C)c2ccccc21. The molecule has 6 heteroatoms. The van der Waals surface area contributed by atoms with Gasteiger partial charge in [-0.15, -0.1) is 0 Å². The molecule has 23 heavy (non-hydrogen) atoms. The minimum atomic E-state index is -0.0820. The lowest BCUT2D eigenvalue weighted by Crippen LogP contribution is -2.25. The van der Waals surface area contributed by atoms with Crippen LogP contribution in [-0.4, -0.2) is 41.9 Å². The van der Waals surface area contributed by atoms with E-state index in [0.717, 1.165) is 23.0 Å². The number of amides is 1. The summed E-state index contributed by atoms with van der Waals surface area (Å²) < 4.78 is 6.36. The molecular weight excluding hydrogens is 294 g/mol. The fourth-order valence-electron chi connectivity index (χ4n) is 2.45. The highest BCUT2D eigenvalue weighted by molar-refractivity contribution is 5.92. The molecule has 0 aliphatic carbocycles. The summed E-state index contributed by atoms with van der Waals surface area (Å²) in [6, 6.07) is 7.66. The Morgan fingerprint density at radius 2 is 2.00 bits per heavy atom. The molecule has 0 spiro atoms. The maximum Gasteiger partial charge on any atom is 0.247 e. The Kier molecular flexibility index (Phi) is 6.29. The van der Waals surface area contributed by atoms with Crippen LogP contribution in [0.1, 0.15) is 36.2 Å². The van der Waals surface area contributed by atoms with E-state index in [1.807, 2.05) is 31.2 Å². The van der Waals surface area contributed by atoms with Crippen LogP contribution in [0.25, 0.3) is 10.9 Å². The fourth-order valence-corrected chi connectivity index (χ4v) is 2.45. The van der Waals surface area contributed by atoms with Gasteiger partial charge in [-0.25, -0.2) is 0 Å². The van der Waals surface area contributed by atoms with Crippen LogP contribution < -0.4 is 5.32 Å². The predicted molar refractivity (Wildman–Crippen MR) is 88.5 cm³/mol. The number of fused-ring (bicyclic) bond motifs is 1. The zero-order chi connectivity index (χ0) is 16.7. The molecule has 0 aliphatic rings. The molecule has 0 radical (unpaired) electrons. The highest BCUT2D eigenvalue weighted by Gasteiger charge is 2.13. The van der Waals surface area contributed by atoms with Gasteiger partial charge in [-0.3, -0.25) is 9.59 Å². The first-order valence-corrected chi connectivity index (χ1v) is 7.86. The van der Waals surface area contributed by atoms with E-state index in [1.54, 1.807) is 7.11 Å². The largest absolute Gasteiger partial charge is 0.385 e. The second-order valence-corrected chi connectivity index (χ2v) is 5.46. The van der Waals surface area contributed by atoms with E-state index in [-0.39, 0.29) is 11.8 Å². The number of aryl methyl sites for hydroxylation is 1. The topological polar surface area (TPSA) is 73.2 Å². The van der Waals surface area contributed by atoms with Crippen molar-refractivity contribution in [3.63, 3.8) is 0 Å². The summed E-state index contributed by atoms with van der Waals surface area (Å²) in [5.41, 5.74) is 1.66. The van der Waals surface area contributed by atoms with E-state index in [2.05, 4.69) is 10.4 Å². The van der Waals surface area contributed by atoms with Gasteiger partial charge in [0, 0.05) is 38.5 Å². The Labute approximate surface area is 135 Å². The minimum Gasteiger partial charge on any atom is -0.385 e. The Balaban J connectivity index is 1.82. The van der Waals surface area contributed by atoms with Crippen LogP contribution in [0.3, 0.4) is 0 Å². The second-order valence-electron chi connectivity index (χ2n) is 5.46. The quantitative estimate of drug-likeness (QED) is 0.758. The molecule has 0 fully saturated rings. The number of ether oxygens (including phenoxy) is 1. The first-order valence-electron chi connectivity index (χ1n) is 7.86. The highest BCUT2D eigenvalue weighted by atomic mass is 16.5. The van der Waals surface area contributed by atoms with Crippen LogP contribution in [0.15, 0.2) is 24.3 Å². The van der Waals surface area contributed by atoms with Crippen LogP contribution in [-0.2, 0) is 9.53 Å². The number of para-hydroxylation sites is 1. The molecule has 0 bridgehead atoms. The molecule has 1 aromatic carbocycles. The third-order valence-corrected chi connectivity index (χ3v) is 3.65. The molecule has 1 aromatic heterocycles. The van der Waals surface area contributed by atoms with Crippen molar-refractivity contribution in [3.8, 4) is 0 Å². The monoisotopic (exact) mass is 317 g/mol. The summed E-state index contributed by atoms with van der Waals surface area (Å²) in [5.74, 6) is -0.114. The van der Waals surface area contributed by atoms with Gasteiger partial charge in [-0.05, 0) is 25.8 Å². The molecule has 124 valence electrons. The zero-order valence-electron chi connectivity index (χ0n) is 13.7. The van der Waals surface area contributed by atoms with Crippen LogP contribution in [0, 0.1) is 6.92 Å². The molecule has 1 N–H and O–H groups in total. The predicted octanol–water partition coefficient (Wildman–Crippen LogP) is 2.31. The van der Waals surface area contributed by atoms with Crippen molar-refractivity contribution >= 4 is 22.7 Å². The number of aromatic nitrogens is 2. The van der Waals surface area contributed by atoms with E-state index in [9.17, 15) is 9.59 Å². The zero-order valence-corrected chi connectivity index (χ0v) is 13.7. The number of carbonyl (C=O) groups excluding carboxylic acids is 2. The molecule has 0 saturated carbocycles. The van der Waals surface area contributed by atoms with Crippen LogP contribution in [0.2, 0.25) is 0 Å². The lowest BCUT2D eigenvalue weighted by molar-refractivity contribution is -0.121. The van der Waals surface area contributed by atoms with E-state index < -0.39 is 0 Å². The van der Waals surface area contributed by atoms with Gasteiger partial charge in [0.05, 0.1) is 11.2 Å². The molecule has 2 aromatic rings. The number of hydrogen-bond acceptors (Lipinski definition) is 4. The summed E-state index contributed by atoms with van der Waals surface area (Å²) in [6.45, 7) is 3.12. The van der Waals surface area contributed by atoms with Gasteiger partial charge in [-0.1, -0.05) is 18.2 Å². The average Bonchev–Trinajstić information content (AvgIpc) is 2.89. The normalized spacial score (nSPS) is 10.9. The summed E-state index contributed by atoms with van der Waals surface area (Å²) >= 11 is 0. The lowest BCUT2D eigenvalue weighted by atomic mass is 10.2. The maximum absolute atomic E-state index is 12.3. The highest BCUT2D eigenvalue weighted by Crippen LogP contribution is 2.18. The fraction of sp³-hybridized carbons (Fsp3) is 0.471. The van der Waals surface area contributed by atoms with Gasteiger partial charge in [0.1, 0.15) is 0 Å². The van der Waals surface area contributed by atoms with Gasteiger partial charge in [0.2, 0.25) is 11.8 Å². The average molecular weight is 317 g/mol. The van der Waals surface area contributed by atoms with Crippen LogP contribution in [0.4, 0.5) is 0 Å². The first kappa shape index (κ1) is 17.1. The van der Waals surface area contributed by atoms with Crippen molar-refractivity contribution in [2.45, 2.75) is 32.6 Å². The van der Waals surface area contributed by atoms with Crippen molar-refractivity contribution in [2.24, 2.45) is 0 Å². The second kappa shape index (κ2) is 8.43. The van der Waals surface area contributed by atoms with Gasteiger partial charge in [0.25, 0.3) is 0 Å². The Morgan fingerprint density at radius 3 is 2.78 bits per heavy atom. The van der Waals surface area contributed by atoms with E-state index in [1.165, 1.54) is 4.68 Å². The van der Waals surface area contributed by atoms with Crippen molar-refractivity contribution < 1.29 is 14.3 Å². The third-order valence-electron chi connectivity index (χ3n) is 3.65. The molecule has 0 atom stereocenters. The van der Waals surface area contributed by atoms with Crippen LogP contribution >= 0.6 is 0 Å². The third kappa shape index (κ3) is 4.63. The van der Waals surface area contributed by atoms with E-state index >= 15 is 0 Å². The summed E-state index contributed by atoms with van der Waals surface area (Å²) in [4.78, 5) is 24.0. The number of methoxy groups -OCH3 is 1. The molecule has 1 amide bonds. The lowest BCUT2D eigenvalue weighted by Gasteiger charge is -2.05. The molecule has 6 nitrogen and oxygen atoms in total. The molecule has 2 rings (SSSR count). The smallest absolute Gasteiger partial charge is 0.247 e. The van der Waals surface area contributed by atoms with Gasteiger partial charge < -0.3 is 10.1 Å². The number of nitrogens with zero attached hydrogens (tertiary/aromatic N) is 2. The first-order chi connectivity index (χ1) is 11.1. The van der Waals surface area contributed by atoms with Crippen molar-refractivity contribution in [1.29, 1.82) is 0 Å². The van der Waals surface area contributed by atoms with Crippen molar-refractivity contribution in [1.82, 2.24) is 15.1 Å². The summed E-state index contributed by atoms with van der Waals surface area (Å²) in [7, 11) is 1.63. The van der Waals surface area contributed by atoms with Crippen molar-refractivity contribution in [2.75, 3.05) is 20.3 Å². The van der Waals surface area contributed by atoms with E-state index in [4.69, 9.17) is 4.74 Å².